The lowest BCUT2D eigenvalue weighted by Gasteiger charge is -2.07. The second-order valence-corrected chi connectivity index (χ2v) is 6.12. The van der Waals surface area contributed by atoms with Crippen molar-refractivity contribution in [3.63, 3.8) is 0 Å². The molecule has 0 saturated heterocycles. The fourth-order valence-electron chi connectivity index (χ4n) is 1.52. The van der Waals surface area contributed by atoms with Gasteiger partial charge in [-0.25, -0.2) is 18.1 Å². The molecule has 0 aliphatic heterocycles. The Morgan fingerprint density at radius 3 is 2.79 bits per heavy atom. The fraction of sp³-hybridized carbons (Fsp3) is 0.273. The van der Waals surface area contributed by atoms with Gasteiger partial charge >= 0.3 is 0 Å². The number of imidazole rings is 1. The molecular weight excluding hydrogens is 288 g/mol. The van der Waals surface area contributed by atoms with Crippen LogP contribution in [-0.4, -0.2) is 23.0 Å². The first-order valence-corrected chi connectivity index (χ1v) is 7.34. The van der Waals surface area contributed by atoms with Gasteiger partial charge in [0.2, 0.25) is 5.03 Å². The highest BCUT2D eigenvalue weighted by atomic mass is 35.5. The Balaban J connectivity index is 2.19. The van der Waals surface area contributed by atoms with E-state index in [1.807, 2.05) is 6.92 Å². The normalized spacial score (nSPS) is 11.7. The van der Waals surface area contributed by atoms with Crippen LogP contribution in [0.4, 0.5) is 0 Å². The predicted octanol–water partition coefficient (Wildman–Crippen LogP) is 1.26. The molecule has 0 radical (unpaired) electrons. The van der Waals surface area contributed by atoms with E-state index in [1.165, 1.54) is 10.9 Å². The number of hydrogen-bond donors (Lipinski definition) is 1. The molecule has 0 amide bonds. The summed E-state index contributed by atoms with van der Waals surface area (Å²) in [6.45, 7) is 2.04. The van der Waals surface area contributed by atoms with Gasteiger partial charge in [-0.2, -0.15) is 0 Å². The van der Waals surface area contributed by atoms with Crippen molar-refractivity contribution in [3.05, 3.63) is 41.1 Å². The van der Waals surface area contributed by atoms with Gasteiger partial charge in [0, 0.05) is 26.0 Å². The first-order chi connectivity index (χ1) is 8.92. The summed E-state index contributed by atoms with van der Waals surface area (Å²) in [6, 6.07) is 1.76. The highest BCUT2D eigenvalue weighted by Gasteiger charge is 2.22. The van der Waals surface area contributed by atoms with Crippen LogP contribution < -0.4 is 4.72 Å². The molecule has 19 heavy (non-hydrogen) atoms. The van der Waals surface area contributed by atoms with Gasteiger partial charge in [-0.15, -0.1) is 0 Å². The van der Waals surface area contributed by atoms with Crippen molar-refractivity contribution in [3.8, 4) is 0 Å². The van der Waals surface area contributed by atoms with Crippen molar-refractivity contribution in [2.45, 2.75) is 18.5 Å². The lowest BCUT2D eigenvalue weighted by atomic mass is 10.2. The standard InChI is InChI=1S/C11H13ClN4O2S/c1-8-5-13-4-3-9(8)6-15-19(17,18)11-10(12)16(2)7-14-11/h3-5,7,15H,6H2,1-2H3. The van der Waals surface area contributed by atoms with Crippen LogP contribution in [0.3, 0.4) is 0 Å². The Labute approximate surface area is 116 Å². The zero-order chi connectivity index (χ0) is 14.0. The van der Waals surface area contributed by atoms with Gasteiger partial charge in [0.1, 0.15) is 5.15 Å². The molecule has 2 aromatic rings. The smallest absolute Gasteiger partial charge is 0.261 e. The van der Waals surface area contributed by atoms with Crippen LogP contribution in [0.5, 0.6) is 0 Å². The van der Waals surface area contributed by atoms with Crippen LogP contribution in [0.15, 0.2) is 29.8 Å². The van der Waals surface area contributed by atoms with Crippen LogP contribution in [0.1, 0.15) is 11.1 Å². The van der Waals surface area contributed by atoms with Crippen molar-refractivity contribution in [1.29, 1.82) is 0 Å². The topological polar surface area (TPSA) is 76.9 Å². The number of nitrogens with one attached hydrogen (secondary N) is 1. The minimum Gasteiger partial charge on any atom is -0.324 e. The molecule has 0 bridgehead atoms. The quantitative estimate of drug-likeness (QED) is 0.922. The summed E-state index contributed by atoms with van der Waals surface area (Å²) in [5.41, 5.74) is 1.77. The summed E-state index contributed by atoms with van der Waals surface area (Å²) >= 11 is 5.88. The number of pyridine rings is 1. The molecule has 0 saturated carbocycles. The summed E-state index contributed by atoms with van der Waals surface area (Å²) < 4.78 is 28.0. The summed E-state index contributed by atoms with van der Waals surface area (Å²) in [7, 11) is -2.09. The second kappa shape index (κ2) is 5.28. The van der Waals surface area contributed by atoms with Gasteiger partial charge in [0.15, 0.2) is 0 Å². The Kier molecular flexibility index (Phi) is 3.88. The fourth-order valence-corrected chi connectivity index (χ4v) is 2.95. The van der Waals surface area contributed by atoms with Gasteiger partial charge in [-0.1, -0.05) is 11.6 Å². The van der Waals surface area contributed by atoms with Gasteiger partial charge in [-0.3, -0.25) is 4.98 Å². The molecule has 2 heterocycles. The third-order valence-electron chi connectivity index (χ3n) is 2.68. The molecule has 0 aliphatic rings. The van der Waals surface area contributed by atoms with Crippen molar-refractivity contribution in [1.82, 2.24) is 19.3 Å². The van der Waals surface area contributed by atoms with Crippen LogP contribution in [0.2, 0.25) is 5.15 Å². The molecule has 0 atom stereocenters. The first kappa shape index (κ1) is 14.0. The van der Waals surface area contributed by atoms with E-state index in [-0.39, 0.29) is 16.7 Å². The molecule has 1 N–H and O–H groups in total. The van der Waals surface area contributed by atoms with E-state index in [9.17, 15) is 8.42 Å². The molecule has 0 unspecified atom stereocenters. The minimum absolute atomic E-state index is 0.0824. The molecule has 2 aromatic heterocycles. The number of rotatable bonds is 4. The number of sulfonamides is 1. The van der Waals surface area contributed by atoms with E-state index in [2.05, 4.69) is 14.7 Å². The summed E-state index contributed by atoms with van der Waals surface area (Å²) in [4.78, 5) is 7.74. The minimum atomic E-state index is -3.72. The Bertz CT molecular complexity index is 696. The number of nitrogens with zero attached hydrogens (tertiary/aromatic N) is 3. The van der Waals surface area contributed by atoms with Crippen LogP contribution >= 0.6 is 11.6 Å². The maximum absolute atomic E-state index is 12.1. The second-order valence-electron chi connectivity index (χ2n) is 4.08. The molecule has 6 nitrogen and oxygen atoms in total. The average molecular weight is 301 g/mol. The predicted molar refractivity (Wildman–Crippen MR) is 71.2 cm³/mol. The highest BCUT2D eigenvalue weighted by Crippen LogP contribution is 2.18. The molecule has 0 fully saturated rings. The largest absolute Gasteiger partial charge is 0.324 e. The van der Waals surface area contributed by atoms with Crippen molar-refractivity contribution < 1.29 is 8.42 Å². The lowest BCUT2D eigenvalue weighted by molar-refractivity contribution is 0.578. The molecular formula is C11H13ClN4O2S. The van der Waals surface area contributed by atoms with E-state index in [0.717, 1.165) is 11.1 Å². The summed E-state index contributed by atoms with van der Waals surface area (Å²) in [6.07, 6.45) is 4.65. The highest BCUT2D eigenvalue weighted by molar-refractivity contribution is 7.89. The third-order valence-corrected chi connectivity index (χ3v) is 4.57. The first-order valence-electron chi connectivity index (χ1n) is 5.48. The van der Waals surface area contributed by atoms with Crippen LogP contribution in [0, 0.1) is 6.92 Å². The average Bonchev–Trinajstić information content (AvgIpc) is 2.70. The molecule has 0 aliphatic carbocycles. The molecule has 102 valence electrons. The van der Waals surface area contributed by atoms with Crippen molar-refractivity contribution >= 4 is 21.6 Å². The number of halogens is 1. The van der Waals surface area contributed by atoms with E-state index in [4.69, 9.17) is 11.6 Å². The van der Waals surface area contributed by atoms with Gasteiger partial charge in [0.25, 0.3) is 10.0 Å². The van der Waals surface area contributed by atoms with Crippen molar-refractivity contribution in [2.24, 2.45) is 7.05 Å². The molecule has 0 aromatic carbocycles. The van der Waals surface area contributed by atoms with Crippen molar-refractivity contribution in [2.75, 3.05) is 0 Å². The lowest BCUT2D eigenvalue weighted by Crippen LogP contribution is -2.24. The maximum atomic E-state index is 12.1. The van der Waals surface area contributed by atoms with Gasteiger partial charge in [-0.05, 0) is 24.1 Å². The number of hydrogen-bond acceptors (Lipinski definition) is 4. The summed E-state index contributed by atoms with van der Waals surface area (Å²) in [5.74, 6) is 0. The Morgan fingerprint density at radius 1 is 1.47 bits per heavy atom. The van der Waals surface area contributed by atoms with Crippen LogP contribution in [0.25, 0.3) is 0 Å². The zero-order valence-corrected chi connectivity index (χ0v) is 12.0. The summed E-state index contributed by atoms with van der Waals surface area (Å²) in [5, 5.41) is -0.0812. The Hall–Kier alpha value is -1.44. The van der Waals surface area contributed by atoms with Gasteiger partial charge < -0.3 is 4.57 Å². The zero-order valence-electron chi connectivity index (χ0n) is 10.5. The molecule has 2 rings (SSSR count). The van der Waals surface area contributed by atoms with E-state index < -0.39 is 10.0 Å². The van der Waals surface area contributed by atoms with E-state index in [0.29, 0.717) is 0 Å². The number of aryl methyl sites for hydroxylation is 2. The Morgan fingerprint density at radius 2 is 2.21 bits per heavy atom. The van der Waals surface area contributed by atoms with E-state index >= 15 is 0 Å². The third kappa shape index (κ3) is 2.94. The monoisotopic (exact) mass is 300 g/mol. The van der Waals surface area contributed by atoms with Gasteiger partial charge in [0.05, 0.1) is 6.33 Å². The van der Waals surface area contributed by atoms with Crippen LogP contribution in [-0.2, 0) is 23.6 Å². The maximum Gasteiger partial charge on any atom is 0.261 e. The SMILES string of the molecule is Cc1cnccc1CNS(=O)(=O)c1ncn(C)c1Cl. The molecule has 8 heteroatoms. The number of aromatic nitrogens is 3. The van der Waals surface area contributed by atoms with E-state index in [1.54, 1.807) is 25.5 Å². The molecule has 0 spiro atoms.